The quantitative estimate of drug-likeness (QED) is 0.356. The molecule has 10 nitrogen and oxygen atoms in total. The Kier molecular flexibility index (Phi) is 5.21. The fourth-order valence-corrected chi connectivity index (χ4v) is 4.50. The first kappa shape index (κ1) is 22.4. The number of anilines is 3. The maximum atomic E-state index is 12.5. The molecule has 0 fully saturated rings. The van der Waals surface area contributed by atoms with Gasteiger partial charge in [-0.2, -0.15) is 0 Å². The van der Waals surface area contributed by atoms with Gasteiger partial charge in [-0.3, -0.25) is 4.79 Å². The van der Waals surface area contributed by atoms with Gasteiger partial charge < -0.3 is 36.8 Å². The van der Waals surface area contributed by atoms with E-state index in [1.807, 2.05) is 0 Å². The minimum atomic E-state index is -4.84. The minimum Gasteiger partial charge on any atom is -0.478 e. The van der Waals surface area contributed by atoms with Gasteiger partial charge in [0.15, 0.2) is 5.13 Å². The Morgan fingerprint density at radius 1 is 1.30 bits per heavy atom. The van der Waals surface area contributed by atoms with Crippen LogP contribution in [-0.4, -0.2) is 47.2 Å². The number of fused-ring (bicyclic) bond motifs is 2. The summed E-state index contributed by atoms with van der Waals surface area (Å²) in [5.74, 6) is -3.95. The van der Waals surface area contributed by atoms with Crippen molar-refractivity contribution in [3.63, 3.8) is 0 Å². The van der Waals surface area contributed by atoms with Crippen LogP contribution in [0.3, 0.4) is 0 Å². The highest BCUT2D eigenvalue weighted by Crippen LogP contribution is 2.42. The van der Waals surface area contributed by atoms with Crippen molar-refractivity contribution in [2.45, 2.75) is 18.2 Å². The number of carbonyl (C=O) groups is 2. The first-order valence-electron chi connectivity index (χ1n) is 9.28. The zero-order valence-electron chi connectivity index (χ0n) is 16.8. The molecule has 0 radical (unpaired) electrons. The number of carboxylic acids is 1. The van der Waals surface area contributed by atoms with E-state index in [9.17, 15) is 27.9 Å². The van der Waals surface area contributed by atoms with Crippen LogP contribution in [0.15, 0.2) is 36.4 Å². The molecule has 7 N–H and O–H groups in total. The molecular formula is C19H17F3N6O4S. The lowest BCUT2D eigenvalue weighted by Gasteiger charge is -2.41. The Labute approximate surface area is 187 Å². The number of thiazole rings is 1. The summed E-state index contributed by atoms with van der Waals surface area (Å²) in [4.78, 5) is 29.3. The van der Waals surface area contributed by atoms with Gasteiger partial charge in [0.25, 0.3) is 0 Å². The van der Waals surface area contributed by atoms with Crippen molar-refractivity contribution >= 4 is 49.9 Å². The molecule has 0 spiro atoms. The van der Waals surface area contributed by atoms with Gasteiger partial charge in [-0.25, -0.2) is 9.78 Å². The van der Waals surface area contributed by atoms with Crippen LogP contribution in [0.4, 0.5) is 29.7 Å². The highest BCUT2D eigenvalue weighted by atomic mass is 32.1. The number of aromatic nitrogens is 1. The summed E-state index contributed by atoms with van der Waals surface area (Å²) in [6.07, 6.45) is -4.84. The van der Waals surface area contributed by atoms with E-state index in [-0.39, 0.29) is 10.7 Å². The molecule has 2 heterocycles. The normalized spacial score (nSPS) is 18.5. The number of rotatable bonds is 6. The van der Waals surface area contributed by atoms with Crippen LogP contribution >= 0.6 is 11.3 Å². The van der Waals surface area contributed by atoms with E-state index in [1.165, 1.54) is 24.3 Å². The number of hydrogen-bond acceptors (Lipinski definition) is 9. The number of nitrogens with one attached hydrogen (secondary N) is 2. The molecule has 2 aromatic carbocycles. The molecule has 3 aromatic rings. The molecule has 174 valence electrons. The predicted molar refractivity (Wildman–Crippen MR) is 115 cm³/mol. The van der Waals surface area contributed by atoms with Gasteiger partial charge in [0.1, 0.15) is 11.8 Å². The Bertz CT molecular complexity index is 1270. The monoisotopic (exact) mass is 482 g/mol. The maximum Gasteiger partial charge on any atom is 0.573 e. The molecule has 14 heteroatoms. The maximum absolute atomic E-state index is 12.5. The van der Waals surface area contributed by atoms with E-state index in [4.69, 9.17) is 11.5 Å². The standard InChI is InChI=1S/C19H17F3N6O4S/c1-28-12-5-2-8(16(30)31)6-11(12)26-18(28,14(23)15(24)29)27-17-25-10-4-3-9(7-13(10)33-17)32-19(20,21)22/h2-7,14,26H,23H2,1H3,(H2,24,29)(H,25,27)(H,30,31). The lowest BCUT2D eigenvalue weighted by molar-refractivity contribution is -0.274. The molecule has 1 aromatic heterocycles. The van der Waals surface area contributed by atoms with Crippen molar-refractivity contribution in [3.8, 4) is 5.75 Å². The first-order valence-corrected chi connectivity index (χ1v) is 10.1. The number of hydrogen-bond donors (Lipinski definition) is 5. The number of carbonyl (C=O) groups excluding carboxylic acids is 1. The summed E-state index contributed by atoms with van der Waals surface area (Å²) >= 11 is 1.00. The third kappa shape index (κ3) is 4.05. The first-order chi connectivity index (χ1) is 15.4. The number of aromatic carboxylic acids is 1. The van der Waals surface area contributed by atoms with Crippen molar-refractivity contribution in [2.24, 2.45) is 11.5 Å². The molecule has 0 saturated heterocycles. The number of alkyl halides is 3. The van der Waals surface area contributed by atoms with Crippen LogP contribution in [0.25, 0.3) is 10.2 Å². The summed E-state index contributed by atoms with van der Waals surface area (Å²) in [6, 6.07) is 6.65. The SMILES string of the molecule is CN1c2ccc(C(=O)O)cc2NC1(Nc1nc2ccc(OC(F)(F)F)cc2s1)C(N)C(N)=O. The number of amides is 1. The summed E-state index contributed by atoms with van der Waals surface area (Å²) in [6.45, 7) is 0. The number of likely N-dealkylation sites (N-methyl/N-ethyl adjacent to an activating group) is 1. The molecule has 4 rings (SSSR count). The van der Waals surface area contributed by atoms with Crippen LogP contribution in [0.2, 0.25) is 0 Å². The number of benzene rings is 2. The minimum absolute atomic E-state index is 0.00952. The Morgan fingerprint density at radius 3 is 2.67 bits per heavy atom. The average Bonchev–Trinajstić information content (AvgIpc) is 3.24. The van der Waals surface area contributed by atoms with E-state index in [2.05, 4.69) is 20.4 Å². The van der Waals surface area contributed by atoms with Crippen LogP contribution in [0.5, 0.6) is 5.75 Å². The van der Waals surface area contributed by atoms with Gasteiger partial charge in [-0.15, -0.1) is 13.2 Å². The molecule has 33 heavy (non-hydrogen) atoms. The van der Waals surface area contributed by atoms with Crippen molar-refractivity contribution < 1.29 is 32.6 Å². The Balaban J connectivity index is 1.72. The number of nitrogens with zero attached hydrogens (tertiary/aromatic N) is 2. The van der Waals surface area contributed by atoms with Gasteiger partial charge in [0.2, 0.25) is 11.7 Å². The molecule has 0 saturated carbocycles. The predicted octanol–water partition coefficient (Wildman–Crippen LogP) is 2.33. The summed E-state index contributed by atoms with van der Waals surface area (Å²) < 4.78 is 41.9. The van der Waals surface area contributed by atoms with Crippen LogP contribution in [-0.2, 0) is 4.79 Å². The second kappa shape index (κ2) is 7.67. The molecule has 1 aliphatic heterocycles. The summed E-state index contributed by atoms with van der Waals surface area (Å²) in [5, 5.41) is 15.5. The van der Waals surface area contributed by atoms with Crippen molar-refractivity contribution in [1.82, 2.24) is 4.98 Å². The zero-order valence-corrected chi connectivity index (χ0v) is 17.6. The lowest BCUT2D eigenvalue weighted by atomic mass is 10.1. The third-order valence-corrected chi connectivity index (χ3v) is 6.04. The Morgan fingerprint density at radius 2 is 2.03 bits per heavy atom. The van der Waals surface area contributed by atoms with Crippen LogP contribution in [0.1, 0.15) is 10.4 Å². The summed E-state index contributed by atoms with van der Waals surface area (Å²) in [5.41, 5.74) is 12.9. The fraction of sp³-hybridized carbons (Fsp3) is 0.211. The number of primary amides is 1. The topological polar surface area (TPSA) is 156 Å². The van der Waals surface area contributed by atoms with Crippen molar-refractivity contribution in [2.75, 3.05) is 22.6 Å². The number of nitrogens with two attached hydrogens (primary N) is 2. The molecule has 0 aliphatic carbocycles. The van der Waals surface area contributed by atoms with Crippen LogP contribution in [0, 0.1) is 0 Å². The average molecular weight is 482 g/mol. The number of halogens is 3. The van der Waals surface area contributed by atoms with E-state index in [0.717, 1.165) is 17.4 Å². The molecular weight excluding hydrogens is 465 g/mol. The van der Waals surface area contributed by atoms with Gasteiger partial charge in [-0.1, -0.05) is 11.3 Å². The molecule has 0 bridgehead atoms. The van der Waals surface area contributed by atoms with Crippen LogP contribution < -0.4 is 31.7 Å². The van der Waals surface area contributed by atoms with Crippen molar-refractivity contribution in [1.29, 1.82) is 0 Å². The van der Waals surface area contributed by atoms with E-state index in [0.29, 0.717) is 21.6 Å². The largest absolute Gasteiger partial charge is 0.573 e. The fourth-order valence-electron chi connectivity index (χ4n) is 3.54. The summed E-state index contributed by atoms with van der Waals surface area (Å²) in [7, 11) is 1.61. The van der Waals surface area contributed by atoms with E-state index >= 15 is 0 Å². The molecule has 1 aliphatic rings. The van der Waals surface area contributed by atoms with Crippen molar-refractivity contribution in [3.05, 3.63) is 42.0 Å². The molecule has 2 unspecified atom stereocenters. The zero-order chi connectivity index (χ0) is 24.1. The molecule has 1 amide bonds. The lowest BCUT2D eigenvalue weighted by Crippen LogP contribution is -2.70. The number of carboxylic acid groups (broad SMARTS) is 1. The van der Waals surface area contributed by atoms with Gasteiger partial charge in [-0.05, 0) is 30.3 Å². The van der Waals surface area contributed by atoms with Gasteiger partial charge >= 0.3 is 12.3 Å². The molecule has 2 atom stereocenters. The third-order valence-electron chi connectivity index (χ3n) is 5.11. The van der Waals surface area contributed by atoms with E-state index < -0.39 is 35.8 Å². The van der Waals surface area contributed by atoms with Gasteiger partial charge in [0, 0.05) is 13.1 Å². The highest BCUT2D eigenvalue weighted by molar-refractivity contribution is 7.22. The Hall–Kier alpha value is -3.78. The second-order valence-corrected chi connectivity index (χ2v) is 8.22. The number of ether oxygens (including phenoxy) is 1. The van der Waals surface area contributed by atoms with Gasteiger partial charge in [0.05, 0.1) is 27.2 Å². The highest BCUT2D eigenvalue weighted by Gasteiger charge is 2.50. The second-order valence-electron chi connectivity index (χ2n) is 7.19. The smallest absolute Gasteiger partial charge is 0.478 e. The van der Waals surface area contributed by atoms with E-state index in [1.54, 1.807) is 18.0 Å².